The lowest BCUT2D eigenvalue weighted by Crippen LogP contribution is -2.38. The molecule has 0 amide bonds. The largest absolute Gasteiger partial charge is 0.481 e. The smallest absolute Gasteiger partial charge is 0.452 e. The van der Waals surface area contributed by atoms with Crippen molar-refractivity contribution in [3.05, 3.63) is 70.4 Å². The molecule has 1 N–H and O–H groups in total. The summed E-state index contributed by atoms with van der Waals surface area (Å²) in [5, 5.41) is 17.5. The Bertz CT molecular complexity index is 2120. The van der Waals surface area contributed by atoms with Gasteiger partial charge in [-0.1, -0.05) is 6.07 Å². The second-order valence-corrected chi connectivity index (χ2v) is 15.9. The fourth-order valence-corrected chi connectivity index (χ4v) is 8.19. The van der Waals surface area contributed by atoms with Crippen molar-refractivity contribution in [2.75, 3.05) is 65.8 Å². The molecule has 6 rings (SSSR count). The summed E-state index contributed by atoms with van der Waals surface area (Å²) in [7, 11) is -4.27. The monoisotopic (exact) mass is 791 g/mol. The van der Waals surface area contributed by atoms with Gasteiger partial charge in [0.2, 0.25) is 27.6 Å². The molecule has 0 radical (unpaired) electrons. The zero-order chi connectivity index (χ0) is 39.5. The van der Waals surface area contributed by atoms with Gasteiger partial charge in [0.15, 0.2) is 5.65 Å². The molecule has 0 unspecified atom stereocenters. The van der Waals surface area contributed by atoms with Crippen LogP contribution >= 0.6 is 0 Å². The molecule has 1 fully saturated rings. The fraction of sp³-hybridized carbons (Fsp3) is 0.528. The SMILES string of the molecule is Cc1ccc([C@@H](c2ccn3c(C(F)(F)F)nnc3c2C)C(C)(C)C(=O)O)nc1CN1CCCOCCOc2nc(OCCN3CCOCC3)ccc2S1(=O)=O. The summed E-state index contributed by atoms with van der Waals surface area (Å²) in [6, 6.07) is 7.67. The highest BCUT2D eigenvalue weighted by molar-refractivity contribution is 7.89. The third-order valence-electron chi connectivity index (χ3n) is 9.89. The number of alkyl halides is 3. The van der Waals surface area contributed by atoms with E-state index in [4.69, 9.17) is 23.9 Å². The maximum atomic E-state index is 14.4. The van der Waals surface area contributed by atoms with E-state index in [1.807, 2.05) is 0 Å². The molecule has 298 valence electrons. The van der Waals surface area contributed by atoms with Gasteiger partial charge in [-0.2, -0.15) is 22.5 Å². The van der Waals surface area contributed by atoms with Crippen molar-refractivity contribution in [1.29, 1.82) is 0 Å². The number of hydrogen-bond acceptors (Lipinski definition) is 12. The number of morpholine rings is 1. The summed E-state index contributed by atoms with van der Waals surface area (Å²) in [4.78, 5) is 24.1. The summed E-state index contributed by atoms with van der Waals surface area (Å²) >= 11 is 0. The molecule has 15 nitrogen and oxygen atoms in total. The van der Waals surface area contributed by atoms with Crippen LogP contribution in [0.5, 0.6) is 11.8 Å². The molecule has 4 aromatic heterocycles. The van der Waals surface area contributed by atoms with E-state index in [0.717, 1.165) is 23.7 Å². The Morgan fingerprint density at radius 1 is 0.964 bits per heavy atom. The van der Waals surface area contributed by atoms with Gasteiger partial charge in [-0.15, -0.1) is 10.2 Å². The molecular weight excluding hydrogens is 747 g/mol. The van der Waals surface area contributed by atoms with Crippen molar-refractivity contribution >= 4 is 21.6 Å². The van der Waals surface area contributed by atoms with Crippen LogP contribution in [-0.4, -0.2) is 119 Å². The van der Waals surface area contributed by atoms with Crippen LogP contribution in [0.15, 0.2) is 41.4 Å². The topological polar surface area (TPSA) is 171 Å². The molecule has 0 aromatic carbocycles. The number of nitrogens with zero attached hydrogens (tertiary/aromatic N) is 7. The number of rotatable bonds is 10. The van der Waals surface area contributed by atoms with Crippen LogP contribution in [0.3, 0.4) is 0 Å². The first-order chi connectivity index (χ1) is 26.1. The van der Waals surface area contributed by atoms with E-state index in [0.29, 0.717) is 49.6 Å². The molecule has 55 heavy (non-hydrogen) atoms. The predicted octanol–water partition coefficient (Wildman–Crippen LogP) is 4.10. The van der Waals surface area contributed by atoms with Gasteiger partial charge >= 0.3 is 12.1 Å². The average Bonchev–Trinajstić information content (AvgIpc) is 3.58. The molecular formula is C36H44F3N7O8S. The van der Waals surface area contributed by atoms with Gasteiger partial charge in [0.25, 0.3) is 0 Å². The van der Waals surface area contributed by atoms with Gasteiger partial charge in [-0.3, -0.25) is 19.1 Å². The van der Waals surface area contributed by atoms with E-state index in [2.05, 4.69) is 20.1 Å². The van der Waals surface area contributed by atoms with Crippen LogP contribution in [0, 0.1) is 19.3 Å². The molecule has 4 aromatic rings. The normalized spacial score (nSPS) is 18.2. The van der Waals surface area contributed by atoms with Gasteiger partial charge in [0.1, 0.15) is 18.1 Å². The van der Waals surface area contributed by atoms with Crippen LogP contribution in [0.1, 0.15) is 60.1 Å². The van der Waals surface area contributed by atoms with Crippen molar-refractivity contribution < 1.29 is 50.4 Å². The minimum absolute atomic E-state index is 0.0547. The van der Waals surface area contributed by atoms with Crippen LogP contribution in [0.2, 0.25) is 0 Å². The van der Waals surface area contributed by atoms with E-state index in [9.17, 15) is 31.5 Å². The first-order valence-corrected chi connectivity index (χ1v) is 19.3. The van der Waals surface area contributed by atoms with Gasteiger partial charge < -0.3 is 24.1 Å². The van der Waals surface area contributed by atoms with Gasteiger partial charge in [-0.05, 0) is 69.0 Å². The number of carboxylic acid groups (broad SMARTS) is 1. The number of pyridine rings is 3. The summed E-state index contributed by atoms with van der Waals surface area (Å²) < 4.78 is 94.7. The molecule has 2 aliphatic heterocycles. The van der Waals surface area contributed by atoms with Gasteiger partial charge in [0, 0.05) is 56.7 Å². The number of fused-ring (bicyclic) bond motifs is 2. The second-order valence-electron chi connectivity index (χ2n) is 14.0. The van der Waals surface area contributed by atoms with Crippen molar-refractivity contribution in [1.82, 2.24) is 33.8 Å². The molecule has 0 aliphatic carbocycles. The van der Waals surface area contributed by atoms with Crippen molar-refractivity contribution in [3.8, 4) is 11.8 Å². The lowest BCUT2D eigenvalue weighted by Gasteiger charge is -2.32. The lowest BCUT2D eigenvalue weighted by molar-refractivity contribution is -0.147. The first kappa shape index (κ1) is 40.2. The molecule has 0 bridgehead atoms. The minimum atomic E-state index is -4.77. The van der Waals surface area contributed by atoms with E-state index in [1.54, 1.807) is 26.0 Å². The zero-order valence-corrected chi connectivity index (χ0v) is 31.8. The predicted molar refractivity (Wildman–Crippen MR) is 190 cm³/mol. The summed E-state index contributed by atoms with van der Waals surface area (Å²) in [6.07, 6.45) is -3.24. The number of ether oxygens (including phenoxy) is 4. The minimum Gasteiger partial charge on any atom is -0.481 e. The third-order valence-corrected chi connectivity index (χ3v) is 11.7. The number of aliphatic carboxylic acids is 1. The Hall–Kier alpha value is -4.43. The maximum absolute atomic E-state index is 14.4. The Balaban J connectivity index is 1.34. The number of aryl methyl sites for hydroxylation is 2. The number of aromatic nitrogens is 5. The molecule has 2 aliphatic rings. The number of sulfonamides is 1. The molecule has 1 saturated heterocycles. The van der Waals surface area contributed by atoms with E-state index >= 15 is 0 Å². The van der Waals surface area contributed by atoms with E-state index in [1.165, 1.54) is 36.4 Å². The highest BCUT2D eigenvalue weighted by atomic mass is 32.2. The molecule has 6 heterocycles. The average molecular weight is 792 g/mol. The van der Waals surface area contributed by atoms with Crippen molar-refractivity contribution in [3.63, 3.8) is 0 Å². The molecule has 1 atom stereocenters. The summed E-state index contributed by atoms with van der Waals surface area (Å²) in [5.74, 6) is -3.31. The molecule has 19 heteroatoms. The van der Waals surface area contributed by atoms with Crippen LogP contribution in [0.4, 0.5) is 13.2 Å². The highest BCUT2D eigenvalue weighted by Gasteiger charge is 2.42. The second kappa shape index (κ2) is 16.4. The highest BCUT2D eigenvalue weighted by Crippen LogP contribution is 2.43. The molecule has 0 saturated carbocycles. The van der Waals surface area contributed by atoms with Crippen LogP contribution in [-0.2, 0) is 37.0 Å². The standard InChI is InChI=1S/C36H44F3N7O8S/c1-23-6-7-26(30(35(3,4)34(47)48)25-10-12-46-31(24(25)2)42-43-33(46)36(37,38)39)40-27(23)22-45-11-5-16-51-20-21-54-32-28(55(45,49)50)8-9-29(41-32)53-19-15-44-13-17-52-18-14-44/h6-10,12,30H,5,11,13-22H2,1-4H3,(H,47,48)/t30-/m1/s1. The van der Waals surface area contributed by atoms with Crippen LogP contribution < -0.4 is 9.47 Å². The first-order valence-electron chi connectivity index (χ1n) is 17.8. The molecule has 0 spiro atoms. The van der Waals surface area contributed by atoms with Gasteiger partial charge in [0.05, 0.1) is 37.5 Å². The van der Waals surface area contributed by atoms with E-state index in [-0.39, 0.29) is 66.5 Å². The number of halogens is 3. The Kier molecular flexibility index (Phi) is 12.0. The Labute approximate surface area is 316 Å². The number of carboxylic acids is 1. The summed E-state index contributed by atoms with van der Waals surface area (Å²) in [6.45, 7) is 10.6. The Morgan fingerprint density at radius 3 is 2.44 bits per heavy atom. The summed E-state index contributed by atoms with van der Waals surface area (Å²) in [5.41, 5.74) is 0.314. The van der Waals surface area contributed by atoms with Crippen molar-refractivity contribution in [2.45, 2.75) is 57.7 Å². The Morgan fingerprint density at radius 2 is 1.71 bits per heavy atom. The third kappa shape index (κ3) is 8.70. The number of carbonyl (C=O) groups is 1. The lowest BCUT2D eigenvalue weighted by atomic mass is 9.72. The zero-order valence-electron chi connectivity index (χ0n) is 31.0. The fourth-order valence-electron chi connectivity index (χ4n) is 6.68. The van der Waals surface area contributed by atoms with Gasteiger partial charge in [-0.25, -0.2) is 8.42 Å². The van der Waals surface area contributed by atoms with Crippen molar-refractivity contribution in [2.24, 2.45) is 5.41 Å². The maximum Gasteiger partial charge on any atom is 0.452 e. The quantitative estimate of drug-likeness (QED) is 0.244. The van der Waals surface area contributed by atoms with E-state index < -0.39 is 39.3 Å². The van der Waals surface area contributed by atoms with Crippen LogP contribution in [0.25, 0.3) is 5.65 Å². The number of hydrogen-bond donors (Lipinski definition) is 1.